The monoisotopic (exact) mass is 449 g/mol. The lowest BCUT2D eigenvalue weighted by Crippen LogP contribution is -2.48. The number of nitro benzene ring substituents is 1. The third kappa shape index (κ3) is 6.74. The first-order chi connectivity index (χ1) is 14.3. The van der Waals surface area contributed by atoms with Crippen LogP contribution < -0.4 is 5.32 Å². The van der Waals surface area contributed by atoms with Gasteiger partial charge in [-0.25, -0.2) is 0 Å². The van der Waals surface area contributed by atoms with Gasteiger partial charge < -0.3 is 10.2 Å². The number of nitro groups is 1. The second-order valence-corrected chi connectivity index (χ2v) is 8.02. The molecule has 1 atom stereocenters. The third-order valence-electron chi connectivity index (χ3n) is 4.54. The standard InChI is InChI=1S/C21H24ClN3O4S/c1-3-19(21(27)23-2)24(12-15-4-8-17(22)9-5-15)20(26)14-30-13-16-6-10-18(11-7-16)25(28)29/h4-11,19H,3,12-14H2,1-2H3,(H,23,27). The molecule has 1 unspecified atom stereocenters. The zero-order valence-corrected chi connectivity index (χ0v) is 18.4. The van der Waals surface area contributed by atoms with Gasteiger partial charge in [-0.3, -0.25) is 19.7 Å². The lowest BCUT2D eigenvalue weighted by Gasteiger charge is -2.30. The molecule has 0 saturated carbocycles. The van der Waals surface area contributed by atoms with Gasteiger partial charge in [-0.15, -0.1) is 11.8 Å². The van der Waals surface area contributed by atoms with E-state index in [0.717, 1.165) is 11.1 Å². The van der Waals surface area contributed by atoms with Crippen molar-refractivity contribution in [2.75, 3.05) is 12.8 Å². The smallest absolute Gasteiger partial charge is 0.269 e. The van der Waals surface area contributed by atoms with Gasteiger partial charge in [0, 0.05) is 36.5 Å². The Balaban J connectivity index is 2.06. The Morgan fingerprint density at radius 1 is 1.13 bits per heavy atom. The van der Waals surface area contributed by atoms with E-state index in [4.69, 9.17) is 11.6 Å². The van der Waals surface area contributed by atoms with Gasteiger partial charge in [0.25, 0.3) is 5.69 Å². The predicted molar refractivity (Wildman–Crippen MR) is 119 cm³/mol. The minimum absolute atomic E-state index is 0.0327. The van der Waals surface area contributed by atoms with E-state index in [9.17, 15) is 19.7 Å². The van der Waals surface area contributed by atoms with E-state index < -0.39 is 11.0 Å². The number of likely N-dealkylation sites (N-methyl/N-ethyl adjacent to an activating group) is 1. The number of carbonyl (C=O) groups excluding carboxylic acids is 2. The molecule has 30 heavy (non-hydrogen) atoms. The van der Waals surface area contributed by atoms with Gasteiger partial charge in [0.05, 0.1) is 10.7 Å². The largest absolute Gasteiger partial charge is 0.357 e. The quantitative estimate of drug-likeness (QED) is 0.436. The van der Waals surface area contributed by atoms with Crippen LogP contribution >= 0.6 is 23.4 Å². The van der Waals surface area contributed by atoms with Gasteiger partial charge in [-0.2, -0.15) is 0 Å². The normalized spacial score (nSPS) is 11.6. The van der Waals surface area contributed by atoms with E-state index in [0.29, 0.717) is 23.7 Å². The van der Waals surface area contributed by atoms with E-state index in [-0.39, 0.29) is 23.3 Å². The van der Waals surface area contributed by atoms with Crippen LogP contribution in [0.25, 0.3) is 0 Å². The predicted octanol–water partition coefficient (Wildman–Crippen LogP) is 4.03. The average Bonchev–Trinajstić information content (AvgIpc) is 2.75. The molecular weight excluding hydrogens is 426 g/mol. The summed E-state index contributed by atoms with van der Waals surface area (Å²) in [6.45, 7) is 2.17. The van der Waals surface area contributed by atoms with Gasteiger partial charge in [-0.05, 0) is 29.7 Å². The topological polar surface area (TPSA) is 92.6 Å². The number of carbonyl (C=O) groups is 2. The molecule has 0 saturated heterocycles. The Labute approximate surface area is 184 Å². The van der Waals surface area contributed by atoms with Crippen molar-refractivity contribution >= 4 is 40.9 Å². The fourth-order valence-corrected chi connectivity index (χ4v) is 3.92. The lowest BCUT2D eigenvalue weighted by molar-refractivity contribution is -0.384. The molecule has 0 aliphatic carbocycles. The van der Waals surface area contributed by atoms with Gasteiger partial charge in [0.1, 0.15) is 6.04 Å². The van der Waals surface area contributed by atoms with Crippen LogP contribution in [-0.4, -0.2) is 40.5 Å². The number of rotatable bonds is 10. The van der Waals surface area contributed by atoms with E-state index in [1.807, 2.05) is 19.1 Å². The second kappa shape index (κ2) is 11.6. The molecule has 0 bridgehead atoms. The molecule has 0 fully saturated rings. The Morgan fingerprint density at radius 2 is 1.73 bits per heavy atom. The highest BCUT2D eigenvalue weighted by molar-refractivity contribution is 7.99. The van der Waals surface area contributed by atoms with Crippen LogP contribution in [0.5, 0.6) is 0 Å². The van der Waals surface area contributed by atoms with Crippen LogP contribution in [0.4, 0.5) is 5.69 Å². The van der Waals surface area contributed by atoms with Crippen LogP contribution in [0.15, 0.2) is 48.5 Å². The zero-order valence-electron chi connectivity index (χ0n) is 16.8. The molecule has 0 radical (unpaired) electrons. The van der Waals surface area contributed by atoms with Crippen LogP contribution in [0.1, 0.15) is 24.5 Å². The highest BCUT2D eigenvalue weighted by Gasteiger charge is 2.27. The summed E-state index contributed by atoms with van der Waals surface area (Å²) >= 11 is 7.35. The van der Waals surface area contributed by atoms with Crippen LogP contribution in [0.2, 0.25) is 5.02 Å². The number of hydrogen-bond acceptors (Lipinski definition) is 5. The summed E-state index contributed by atoms with van der Waals surface area (Å²) in [5.41, 5.74) is 1.81. The van der Waals surface area contributed by atoms with E-state index in [1.54, 1.807) is 36.2 Å². The molecule has 1 N–H and O–H groups in total. The molecule has 0 aliphatic rings. The number of thioether (sulfide) groups is 1. The second-order valence-electron chi connectivity index (χ2n) is 6.60. The molecule has 0 aliphatic heterocycles. The average molecular weight is 450 g/mol. The molecule has 160 valence electrons. The molecule has 2 rings (SSSR count). The Bertz CT molecular complexity index is 875. The first-order valence-corrected chi connectivity index (χ1v) is 11.0. The molecule has 7 nitrogen and oxygen atoms in total. The summed E-state index contributed by atoms with van der Waals surface area (Å²) in [5.74, 6) is 0.375. The Kier molecular flexibility index (Phi) is 9.14. The molecular formula is C21H24ClN3O4S. The van der Waals surface area contributed by atoms with Crippen molar-refractivity contribution in [1.29, 1.82) is 0 Å². The third-order valence-corrected chi connectivity index (χ3v) is 5.78. The summed E-state index contributed by atoms with van der Waals surface area (Å²) in [6, 6.07) is 12.9. The number of nitrogens with one attached hydrogen (secondary N) is 1. The van der Waals surface area contributed by atoms with Gasteiger partial charge in [-0.1, -0.05) is 42.8 Å². The number of amides is 2. The van der Waals surface area contributed by atoms with E-state index in [1.165, 1.54) is 23.9 Å². The molecule has 2 amide bonds. The number of non-ortho nitro benzene ring substituents is 1. The Hall–Kier alpha value is -2.58. The molecule has 9 heteroatoms. The Morgan fingerprint density at radius 3 is 2.27 bits per heavy atom. The first-order valence-electron chi connectivity index (χ1n) is 9.42. The number of halogens is 1. The number of hydrogen-bond donors (Lipinski definition) is 1. The first kappa shape index (κ1) is 23.7. The fourth-order valence-electron chi connectivity index (χ4n) is 2.93. The lowest BCUT2D eigenvalue weighted by atomic mass is 10.1. The van der Waals surface area contributed by atoms with Crippen molar-refractivity contribution in [3.05, 3.63) is 74.8 Å². The van der Waals surface area contributed by atoms with Crippen LogP contribution in [0, 0.1) is 10.1 Å². The SMILES string of the molecule is CCC(C(=O)NC)N(Cc1ccc(Cl)cc1)C(=O)CSCc1ccc([N+](=O)[O-])cc1. The van der Waals surface area contributed by atoms with Gasteiger partial charge in [0.15, 0.2) is 0 Å². The van der Waals surface area contributed by atoms with Gasteiger partial charge in [0.2, 0.25) is 11.8 Å². The van der Waals surface area contributed by atoms with Crippen molar-refractivity contribution in [2.24, 2.45) is 0 Å². The summed E-state index contributed by atoms with van der Waals surface area (Å²) < 4.78 is 0. The zero-order chi connectivity index (χ0) is 22.1. The highest BCUT2D eigenvalue weighted by atomic mass is 35.5. The van der Waals surface area contributed by atoms with Gasteiger partial charge >= 0.3 is 0 Å². The molecule has 0 spiro atoms. The van der Waals surface area contributed by atoms with Crippen molar-refractivity contribution in [2.45, 2.75) is 31.7 Å². The molecule has 2 aromatic rings. The van der Waals surface area contributed by atoms with E-state index >= 15 is 0 Å². The van der Waals surface area contributed by atoms with Crippen molar-refractivity contribution < 1.29 is 14.5 Å². The fraction of sp³-hybridized carbons (Fsp3) is 0.333. The maximum Gasteiger partial charge on any atom is 0.269 e. The summed E-state index contributed by atoms with van der Waals surface area (Å²) in [5, 5.41) is 14.0. The number of nitrogens with zero attached hydrogens (tertiary/aromatic N) is 2. The van der Waals surface area contributed by atoms with E-state index in [2.05, 4.69) is 5.32 Å². The minimum atomic E-state index is -0.571. The maximum absolute atomic E-state index is 13.0. The molecule has 0 aromatic heterocycles. The van der Waals surface area contributed by atoms with Crippen LogP contribution in [0.3, 0.4) is 0 Å². The summed E-state index contributed by atoms with van der Waals surface area (Å²) in [6.07, 6.45) is 0.492. The molecule has 2 aromatic carbocycles. The summed E-state index contributed by atoms with van der Waals surface area (Å²) in [7, 11) is 1.55. The molecule has 0 heterocycles. The minimum Gasteiger partial charge on any atom is -0.357 e. The van der Waals surface area contributed by atoms with Crippen LogP contribution in [-0.2, 0) is 21.9 Å². The highest BCUT2D eigenvalue weighted by Crippen LogP contribution is 2.20. The maximum atomic E-state index is 13.0. The van der Waals surface area contributed by atoms with Crippen molar-refractivity contribution in [1.82, 2.24) is 10.2 Å². The summed E-state index contributed by atoms with van der Waals surface area (Å²) in [4.78, 5) is 37.2. The van der Waals surface area contributed by atoms with Crippen molar-refractivity contribution in [3.8, 4) is 0 Å². The van der Waals surface area contributed by atoms with Crippen molar-refractivity contribution in [3.63, 3.8) is 0 Å². The number of benzene rings is 2.